The molecule has 7 heteroatoms. The minimum atomic E-state index is -4.54. The normalized spacial score (nSPS) is 11.2. The molecule has 0 atom stereocenters. The van der Waals surface area contributed by atoms with E-state index < -0.39 is 11.2 Å². The molecule has 0 spiro atoms. The molecule has 1 aromatic rings. The third kappa shape index (κ3) is 2.62. The molecular weight excluding hydrogens is 225 g/mol. The first-order chi connectivity index (χ1) is 7.36. The van der Waals surface area contributed by atoms with Gasteiger partial charge in [0.25, 0.3) is 5.69 Å². The van der Waals surface area contributed by atoms with Crippen molar-refractivity contribution in [2.45, 2.75) is 13.2 Å². The molecule has 0 aliphatic heterocycles. The summed E-state index contributed by atoms with van der Waals surface area (Å²) < 4.78 is 37.5. The van der Waals surface area contributed by atoms with Gasteiger partial charge in [0.1, 0.15) is 0 Å². The van der Waals surface area contributed by atoms with Gasteiger partial charge in [-0.25, -0.2) is 0 Å². The van der Waals surface area contributed by atoms with Crippen LogP contribution in [0, 0.1) is 10.1 Å². The maximum Gasteiger partial charge on any atom is 0.484 e. The second-order valence-corrected chi connectivity index (χ2v) is 2.99. The number of benzene rings is 1. The summed E-state index contributed by atoms with van der Waals surface area (Å²) in [5.74, 6) is 0. The predicted molar refractivity (Wildman–Crippen MR) is 52.2 cm³/mol. The molecule has 4 nitrogen and oxygen atoms in total. The highest BCUT2D eigenvalue weighted by molar-refractivity contribution is 5.53. The molecule has 1 aromatic carbocycles. The SMILES string of the molecule is CCN(c1cccc([N+](=O)[O-])c1)C(F)(F)F. The van der Waals surface area contributed by atoms with Crippen molar-refractivity contribution < 1.29 is 18.1 Å². The molecule has 1 rings (SSSR count). The first kappa shape index (κ1) is 12.3. The summed E-state index contributed by atoms with van der Waals surface area (Å²) in [4.78, 5) is 9.83. The molecule has 0 heterocycles. The van der Waals surface area contributed by atoms with Gasteiger partial charge in [-0.15, -0.1) is 0 Å². The number of anilines is 1. The largest absolute Gasteiger partial charge is 0.484 e. The zero-order valence-corrected chi connectivity index (χ0v) is 8.36. The minimum Gasteiger partial charge on any atom is -0.284 e. The lowest BCUT2D eigenvalue weighted by molar-refractivity contribution is -0.384. The van der Waals surface area contributed by atoms with Crippen molar-refractivity contribution in [3.63, 3.8) is 0 Å². The summed E-state index contributed by atoms with van der Waals surface area (Å²) in [6, 6.07) is 4.45. The molecule has 0 saturated carbocycles. The van der Waals surface area contributed by atoms with Crippen molar-refractivity contribution >= 4 is 11.4 Å². The van der Waals surface area contributed by atoms with Crippen LogP contribution < -0.4 is 4.90 Å². The number of alkyl halides is 3. The molecule has 0 unspecified atom stereocenters. The summed E-state index contributed by atoms with van der Waals surface area (Å²) in [6.45, 7) is 1.02. The number of non-ortho nitro benzene ring substituents is 1. The predicted octanol–water partition coefficient (Wildman–Crippen LogP) is 2.94. The van der Waals surface area contributed by atoms with Crippen molar-refractivity contribution in [2.75, 3.05) is 11.4 Å². The molecule has 0 radical (unpaired) electrons. The van der Waals surface area contributed by atoms with Crippen molar-refractivity contribution in [2.24, 2.45) is 0 Å². The summed E-state index contributed by atoms with van der Waals surface area (Å²) >= 11 is 0. The molecule has 0 bridgehead atoms. The number of hydrogen-bond acceptors (Lipinski definition) is 3. The van der Waals surface area contributed by atoms with Gasteiger partial charge in [-0.05, 0) is 13.0 Å². The number of nitro benzene ring substituents is 1. The number of nitro groups is 1. The van der Waals surface area contributed by atoms with E-state index >= 15 is 0 Å². The molecule has 0 amide bonds. The summed E-state index contributed by atoms with van der Waals surface area (Å²) in [5.41, 5.74) is -0.593. The lowest BCUT2D eigenvalue weighted by atomic mass is 10.2. The van der Waals surface area contributed by atoms with Gasteiger partial charge in [-0.3, -0.25) is 15.0 Å². The van der Waals surface area contributed by atoms with E-state index in [1.807, 2.05) is 0 Å². The van der Waals surface area contributed by atoms with E-state index in [-0.39, 0.29) is 22.8 Å². The molecule has 0 fully saturated rings. The molecule has 0 N–H and O–H groups in total. The average molecular weight is 234 g/mol. The second kappa shape index (κ2) is 4.38. The van der Waals surface area contributed by atoms with Gasteiger partial charge in [0, 0.05) is 18.7 Å². The summed E-state index contributed by atoms with van der Waals surface area (Å²) in [7, 11) is 0. The Balaban J connectivity index is 3.11. The van der Waals surface area contributed by atoms with Gasteiger partial charge in [-0.1, -0.05) is 6.07 Å². The molecule has 0 aromatic heterocycles. The van der Waals surface area contributed by atoms with E-state index in [4.69, 9.17) is 0 Å². The highest BCUT2D eigenvalue weighted by atomic mass is 19.4. The van der Waals surface area contributed by atoms with Gasteiger partial charge in [0.2, 0.25) is 0 Å². The smallest absolute Gasteiger partial charge is 0.284 e. The standard InChI is InChI=1S/C9H9F3N2O2/c1-2-13(9(10,11)12)7-4-3-5-8(6-7)14(15)16/h3-6H,2H2,1H3. The fourth-order valence-electron chi connectivity index (χ4n) is 1.28. The quantitative estimate of drug-likeness (QED) is 0.459. The van der Waals surface area contributed by atoms with Gasteiger partial charge in [-0.2, -0.15) is 13.2 Å². The Kier molecular flexibility index (Phi) is 3.36. The Morgan fingerprint density at radius 1 is 1.44 bits per heavy atom. The van der Waals surface area contributed by atoms with E-state index in [0.717, 1.165) is 12.1 Å². The zero-order valence-electron chi connectivity index (χ0n) is 8.36. The number of hydrogen-bond donors (Lipinski definition) is 0. The van der Waals surface area contributed by atoms with Crippen LogP contribution in [-0.4, -0.2) is 17.8 Å². The van der Waals surface area contributed by atoms with Crippen LogP contribution in [-0.2, 0) is 0 Å². The number of halogens is 3. The van der Waals surface area contributed by atoms with Crippen molar-refractivity contribution in [1.29, 1.82) is 0 Å². The zero-order chi connectivity index (χ0) is 12.3. The van der Waals surface area contributed by atoms with Crippen LogP contribution in [0.1, 0.15) is 6.92 Å². The molecular formula is C9H9F3N2O2. The molecule has 16 heavy (non-hydrogen) atoms. The molecule has 88 valence electrons. The minimum absolute atomic E-state index is 0.139. The van der Waals surface area contributed by atoms with Crippen LogP contribution in [0.15, 0.2) is 24.3 Å². The van der Waals surface area contributed by atoms with E-state index in [0.29, 0.717) is 0 Å². The maximum absolute atomic E-state index is 12.5. The third-order valence-corrected chi connectivity index (χ3v) is 1.97. The molecule has 0 aliphatic carbocycles. The fourth-order valence-corrected chi connectivity index (χ4v) is 1.28. The van der Waals surface area contributed by atoms with Crippen molar-refractivity contribution in [1.82, 2.24) is 0 Å². The van der Waals surface area contributed by atoms with Gasteiger partial charge < -0.3 is 0 Å². The second-order valence-electron chi connectivity index (χ2n) is 2.99. The van der Waals surface area contributed by atoms with Crippen LogP contribution >= 0.6 is 0 Å². The Morgan fingerprint density at radius 2 is 2.06 bits per heavy atom. The first-order valence-corrected chi connectivity index (χ1v) is 4.45. The highest BCUT2D eigenvalue weighted by Gasteiger charge is 2.36. The molecule has 0 saturated heterocycles. The average Bonchev–Trinajstić information content (AvgIpc) is 2.17. The lowest BCUT2D eigenvalue weighted by Crippen LogP contribution is -2.37. The highest BCUT2D eigenvalue weighted by Crippen LogP contribution is 2.30. The van der Waals surface area contributed by atoms with E-state index in [1.54, 1.807) is 0 Å². The van der Waals surface area contributed by atoms with Gasteiger partial charge in [0.05, 0.1) is 10.6 Å². The monoisotopic (exact) mass is 234 g/mol. The van der Waals surface area contributed by atoms with Crippen LogP contribution in [0.4, 0.5) is 24.5 Å². The fraction of sp³-hybridized carbons (Fsp3) is 0.333. The Morgan fingerprint density at radius 3 is 2.50 bits per heavy atom. The first-order valence-electron chi connectivity index (χ1n) is 4.45. The number of rotatable bonds is 3. The lowest BCUT2D eigenvalue weighted by Gasteiger charge is -2.25. The van der Waals surface area contributed by atoms with Crippen molar-refractivity contribution in [3.05, 3.63) is 34.4 Å². The third-order valence-electron chi connectivity index (χ3n) is 1.97. The van der Waals surface area contributed by atoms with E-state index in [2.05, 4.69) is 0 Å². The van der Waals surface area contributed by atoms with E-state index in [1.165, 1.54) is 19.1 Å². The maximum atomic E-state index is 12.5. The summed E-state index contributed by atoms with van der Waals surface area (Å²) in [6.07, 6.45) is -4.54. The van der Waals surface area contributed by atoms with Gasteiger partial charge >= 0.3 is 6.30 Å². The van der Waals surface area contributed by atoms with Crippen LogP contribution in [0.3, 0.4) is 0 Å². The number of nitrogens with zero attached hydrogens (tertiary/aromatic N) is 2. The Bertz CT molecular complexity index is 393. The topological polar surface area (TPSA) is 46.4 Å². The van der Waals surface area contributed by atoms with Crippen LogP contribution in [0.2, 0.25) is 0 Å². The Labute approximate surface area is 89.4 Å². The van der Waals surface area contributed by atoms with Gasteiger partial charge in [0.15, 0.2) is 0 Å². The van der Waals surface area contributed by atoms with Crippen LogP contribution in [0.5, 0.6) is 0 Å². The van der Waals surface area contributed by atoms with E-state index in [9.17, 15) is 23.3 Å². The van der Waals surface area contributed by atoms with Crippen molar-refractivity contribution in [3.8, 4) is 0 Å². The van der Waals surface area contributed by atoms with Crippen LogP contribution in [0.25, 0.3) is 0 Å². The summed E-state index contributed by atoms with van der Waals surface area (Å²) in [5, 5.41) is 10.4. The Hall–Kier alpha value is -1.79. The molecule has 0 aliphatic rings.